The van der Waals surface area contributed by atoms with Crippen LogP contribution in [0.15, 0.2) is 47.4 Å². The lowest BCUT2D eigenvalue weighted by Crippen LogP contribution is -2.11. The molecule has 0 aliphatic carbocycles. The molecule has 0 bridgehead atoms. The summed E-state index contributed by atoms with van der Waals surface area (Å²) in [7, 11) is -4.00. The Morgan fingerprint density at radius 3 is 2.35 bits per heavy atom. The summed E-state index contributed by atoms with van der Waals surface area (Å²) in [6, 6.07) is 9.87. The molecule has 0 spiro atoms. The van der Waals surface area contributed by atoms with Crippen LogP contribution in [0.2, 0.25) is 0 Å². The zero-order valence-electron chi connectivity index (χ0n) is 10.8. The summed E-state index contributed by atoms with van der Waals surface area (Å²) in [5.41, 5.74) is 1.29. The number of aryl methyl sites for hydroxylation is 1. The Bertz CT molecular complexity index is 705. The van der Waals surface area contributed by atoms with Crippen molar-refractivity contribution in [2.24, 2.45) is 0 Å². The van der Waals surface area contributed by atoms with Gasteiger partial charge in [0, 0.05) is 5.56 Å². The second kappa shape index (κ2) is 5.52. The van der Waals surface area contributed by atoms with E-state index in [1.54, 1.807) is 12.1 Å². The van der Waals surface area contributed by atoms with E-state index < -0.39 is 10.1 Å². The summed E-state index contributed by atoms with van der Waals surface area (Å²) in [4.78, 5) is -0.0697. The lowest BCUT2D eigenvalue weighted by molar-refractivity contribution is 0.278. The summed E-state index contributed by atoms with van der Waals surface area (Å²) >= 11 is 0. The molecule has 2 rings (SSSR count). The second-order valence-corrected chi connectivity index (χ2v) is 5.85. The summed E-state index contributed by atoms with van der Waals surface area (Å²) < 4.78 is 29.2. The van der Waals surface area contributed by atoms with Gasteiger partial charge < -0.3 is 14.4 Å². The van der Waals surface area contributed by atoms with Crippen molar-refractivity contribution in [3.63, 3.8) is 0 Å². The highest BCUT2D eigenvalue weighted by molar-refractivity contribution is 7.87. The first-order valence-electron chi connectivity index (χ1n) is 5.86. The van der Waals surface area contributed by atoms with Crippen molar-refractivity contribution in [3.05, 3.63) is 53.6 Å². The van der Waals surface area contributed by atoms with Crippen LogP contribution in [0, 0.1) is 6.92 Å². The zero-order valence-corrected chi connectivity index (χ0v) is 11.6. The Kier molecular flexibility index (Phi) is 3.96. The molecule has 0 fully saturated rings. The molecule has 2 aromatic rings. The third-order valence-electron chi connectivity index (χ3n) is 2.71. The number of aliphatic hydroxyl groups is 1. The maximum atomic E-state index is 12.1. The summed E-state index contributed by atoms with van der Waals surface area (Å²) in [5.74, 6) is 0.0570. The van der Waals surface area contributed by atoms with Gasteiger partial charge in [0.2, 0.25) is 0 Å². The maximum absolute atomic E-state index is 12.1. The molecule has 0 aliphatic heterocycles. The van der Waals surface area contributed by atoms with Crippen molar-refractivity contribution in [2.45, 2.75) is 18.4 Å². The van der Waals surface area contributed by atoms with Crippen LogP contribution in [0.1, 0.15) is 11.1 Å². The smallest absolute Gasteiger partial charge is 0.339 e. The van der Waals surface area contributed by atoms with Crippen LogP contribution in [0.4, 0.5) is 0 Å². The Labute approximate surface area is 117 Å². The van der Waals surface area contributed by atoms with Crippen molar-refractivity contribution >= 4 is 10.1 Å². The Morgan fingerprint density at radius 1 is 1.10 bits per heavy atom. The molecule has 0 aromatic heterocycles. The van der Waals surface area contributed by atoms with Gasteiger partial charge in [-0.25, -0.2) is 0 Å². The van der Waals surface area contributed by atoms with E-state index in [2.05, 4.69) is 0 Å². The van der Waals surface area contributed by atoms with Crippen molar-refractivity contribution in [2.75, 3.05) is 0 Å². The summed E-state index contributed by atoms with van der Waals surface area (Å²) in [6.45, 7) is 1.51. The van der Waals surface area contributed by atoms with E-state index in [4.69, 9.17) is 9.29 Å². The van der Waals surface area contributed by atoms with Crippen molar-refractivity contribution < 1.29 is 22.8 Å². The molecule has 106 valence electrons. The minimum Gasteiger partial charge on any atom is -0.508 e. The van der Waals surface area contributed by atoms with Crippen molar-refractivity contribution in [1.82, 2.24) is 0 Å². The number of phenolic OH excluding ortho intramolecular Hbond substituents is 1. The van der Waals surface area contributed by atoms with E-state index in [0.29, 0.717) is 5.56 Å². The number of rotatable bonds is 4. The van der Waals surface area contributed by atoms with E-state index in [1.165, 1.54) is 30.3 Å². The minimum absolute atomic E-state index is 0.0321. The van der Waals surface area contributed by atoms with Crippen LogP contribution in [0.25, 0.3) is 0 Å². The van der Waals surface area contributed by atoms with Gasteiger partial charge in [-0.3, -0.25) is 0 Å². The maximum Gasteiger partial charge on any atom is 0.339 e. The number of hydrogen-bond donors (Lipinski definition) is 2. The number of aromatic hydroxyl groups is 1. The molecule has 5 nitrogen and oxygen atoms in total. The quantitative estimate of drug-likeness (QED) is 0.842. The molecule has 0 unspecified atom stereocenters. The average Bonchev–Trinajstić information content (AvgIpc) is 2.41. The predicted octanol–water partition coefficient (Wildman–Crippen LogP) is 1.96. The fourth-order valence-electron chi connectivity index (χ4n) is 1.69. The minimum atomic E-state index is -4.00. The Hall–Kier alpha value is -2.05. The fraction of sp³-hybridized carbons (Fsp3) is 0.143. The van der Waals surface area contributed by atoms with E-state index in [9.17, 15) is 13.5 Å². The van der Waals surface area contributed by atoms with E-state index in [-0.39, 0.29) is 23.0 Å². The molecule has 0 heterocycles. The second-order valence-electron chi connectivity index (χ2n) is 4.30. The molecular formula is C14H14O5S. The molecule has 0 saturated heterocycles. The van der Waals surface area contributed by atoms with Gasteiger partial charge in [-0.2, -0.15) is 8.42 Å². The first-order valence-corrected chi connectivity index (χ1v) is 7.27. The number of hydrogen-bond acceptors (Lipinski definition) is 5. The highest BCUT2D eigenvalue weighted by atomic mass is 32.2. The van der Waals surface area contributed by atoms with E-state index in [1.807, 2.05) is 6.92 Å². The lowest BCUT2D eigenvalue weighted by Gasteiger charge is -2.11. The van der Waals surface area contributed by atoms with Gasteiger partial charge in [0.1, 0.15) is 16.4 Å². The van der Waals surface area contributed by atoms with Crippen LogP contribution in [-0.4, -0.2) is 18.6 Å². The topological polar surface area (TPSA) is 83.8 Å². The van der Waals surface area contributed by atoms with Crippen LogP contribution < -0.4 is 4.18 Å². The Balaban J connectivity index is 2.35. The van der Waals surface area contributed by atoms with Crippen LogP contribution in [0.5, 0.6) is 11.5 Å². The SMILES string of the molecule is Cc1ccc(OS(=O)(=O)c2ccc(O)cc2)c(CO)c1. The molecule has 0 saturated carbocycles. The third kappa shape index (κ3) is 3.09. The van der Waals surface area contributed by atoms with Crippen LogP contribution in [-0.2, 0) is 16.7 Å². The van der Waals surface area contributed by atoms with Gasteiger partial charge in [-0.1, -0.05) is 17.7 Å². The van der Waals surface area contributed by atoms with Gasteiger partial charge in [0.25, 0.3) is 0 Å². The highest BCUT2D eigenvalue weighted by Gasteiger charge is 2.18. The molecule has 2 aromatic carbocycles. The number of aliphatic hydroxyl groups excluding tert-OH is 1. The first kappa shape index (κ1) is 14.4. The van der Waals surface area contributed by atoms with Gasteiger partial charge in [-0.15, -0.1) is 0 Å². The normalized spacial score (nSPS) is 11.3. The van der Waals surface area contributed by atoms with E-state index in [0.717, 1.165) is 5.56 Å². The summed E-state index contributed by atoms with van der Waals surface area (Å²) in [6.07, 6.45) is 0. The Morgan fingerprint density at radius 2 is 1.75 bits per heavy atom. The number of benzene rings is 2. The molecule has 0 aliphatic rings. The van der Waals surface area contributed by atoms with Gasteiger partial charge >= 0.3 is 10.1 Å². The zero-order chi connectivity index (χ0) is 14.8. The molecule has 2 N–H and O–H groups in total. The van der Waals surface area contributed by atoms with Gasteiger partial charge in [0.15, 0.2) is 0 Å². The summed E-state index contributed by atoms with van der Waals surface area (Å²) in [5, 5.41) is 18.4. The highest BCUT2D eigenvalue weighted by Crippen LogP contribution is 2.25. The molecule has 20 heavy (non-hydrogen) atoms. The van der Waals surface area contributed by atoms with Crippen molar-refractivity contribution in [1.29, 1.82) is 0 Å². The van der Waals surface area contributed by atoms with Crippen LogP contribution in [0.3, 0.4) is 0 Å². The molecular weight excluding hydrogens is 280 g/mol. The first-order chi connectivity index (χ1) is 9.42. The fourth-order valence-corrected chi connectivity index (χ4v) is 2.66. The third-order valence-corrected chi connectivity index (χ3v) is 3.96. The van der Waals surface area contributed by atoms with Crippen molar-refractivity contribution in [3.8, 4) is 11.5 Å². The van der Waals surface area contributed by atoms with Crippen LogP contribution >= 0.6 is 0 Å². The standard InChI is InChI=1S/C14H14O5S/c1-10-2-7-14(11(8-10)9-15)19-20(17,18)13-5-3-12(16)4-6-13/h2-8,15-16H,9H2,1H3. The molecule has 6 heteroatoms. The van der Waals surface area contributed by atoms with Gasteiger partial charge in [-0.05, 0) is 37.3 Å². The largest absolute Gasteiger partial charge is 0.508 e. The molecule has 0 amide bonds. The molecule has 0 radical (unpaired) electrons. The van der Waals surface area contributed by atoms with E-state index >= 15 is 0 Å². The average molecular weight is 294 g/mol. The monoisotopic (exact) mass is 294 g/mol. The van der Waals surface area contributed by atoms with Gasteiger partial charge in [0.05, 0.1) is 6.61 Å². The predicted molar refractivity (Wildman–Crippen MR) is 73.0 cm³/mol. The number of phenols is 1. The lowest BCUT2D eigenvalue weighted by atomic mass is 10.1. The molecule has 0 atom stereocenters.